The van der Waals surface area contributed by atoms with E-state index in [4.69, 9.17) is 0 Å². The van der Waals surface area contributed by atoms with E-state index >= 15 is 0 Å². The number of rotatable bonds is 3. The van der Waals surface area contributed by atoms with Gasteiger partial charge in [-0.3, -0.25) is 0 Å². The molecular formula is C12H18Si. The van der Waals surface area contributed by atoms with E-state index in [0.29, 0.717) is 0 Å². The smallest absolute Gasteiger partial charge is 0.0487 e. The monoisotopic (exact) mass is 190 g/mol. The number of hydrogen-bond donors (Lipinski definition) is 0. The van der Waals surface area contributed by atoms with Gasteiger partial charge in [0.2, 0.25) is 0 Å². The molecule has 1 heteroatoms. The van der Waals surface area contributed by atoms with Gasteiger partial charge >= 0.3 is 0 Å². The molecule has 0 heterocycles. The Balaban J connectivity index is 2.94. The summed E-state index contributed by atoms with van der Waals surface area (Å²) in [6, 6.07) is 9.79. The van der Waals surface area contributed by atoms with Crippen LogP contribution >= 0.6 is 0 Å². The topological polar surface area (TPSA) is 0 Å². The molecule has 0 aromatic heterocycles. The zero-order chi connectivity index (χ0) is 9.90. The summed E-state index contributed by atoms with van der Waals surface area (Å²) in [5.41, 5.74) is 2.75. The highest BCUT2D eigenvalue weighted by molar-refractivity contribution is 6.75. The third kappa shape index (κ3) is 3.19. The van der Waals surface area contributed by atoms with Crippen molar-refractivity contribution in [2.45, 2.75) is 25.7 Å². The molecule has 1 rings (SSSR count). The van der Waals surface area contributed by atoms with Crippen LogP contribution in [0.4, 0.5) is 0 Å². The van der Waals surface area contributed by atoms with Gasteiger partial charge in [0.1, 0.15) is 0 Å². The minimum absolute atomic E-state index is 0.993. The fraction of sp³-hybridized carbons (Fsp3) is 0.333. The maximum Gasteiger partial charge on any atom is 0.0487 e. The lowest BCUT2D eigenvalue weighted by Gasteiger charge is -2.17. The molecule has 13 heavy (non-hydrogen) atoms. The maximum atomic E-state index is 3.84. The van der Waals surface area contributed by atoms with Crippen molar-refractivity contribution in [2.24, 2.45) is 0 Å². The maximum absolute atomic E-state index is 3.84. The Labute approximate surface area is 82.3 Å². The van der Waals surface area contributed by atoms with Crippen LogP contribution in [-0.2, 0) is 6.04 Å². The SMILES string of the molecule is C=Cc1ccccc1C[Si](C)(C)C. The average molecular weight is 190 g/mol. The first-order valence-corrected chi connectivity index (χ1v) is 8.44. The van der Waals surface area contributed by atoms with Gasteiger partial charge in [0.25, 0.3) is 0 Å². The number of benzene rings is 1. The molecule has 0 aliphatic carbocycles. The average Bonchev–Trinajstić information content (AvgIpc) is 2.02. The first-order valence-electron chi connectivity index (χ1n) is 4.73. The highest BCUT2D eigenvalue weighted by Crippen LogP contribution is 2.16. The molecule has 0 N–H and O–H groups in total. The minimum Gasteiger partial charge on any atom is -0.0985 e. The minimum atomic E-state index is -0.993. The Morgan fingerprint density at radius 1 is 1.23 bits per heavy atom. The molecular weight excluding hydrogens is 172 g/mol. The molecule has 0 amide bonds. The van der Waals surface area contributed by atoms with Crippen molar-refractivity contribution in [3.8, 4) is 0 Å². The lowest BCUT2D eigenvalue weighted by Crippen LogP contribution is -2.24. The third-order valence-electron chi connectivity index (χ3n) is 2.00. The molecule has 70 valence electrons. The van der Waals surface area contributed by atoms with Gasteiger partial charge in [0, 0.05) is 8.07 Å². The van der Waals surface area contributed by atoms with E-state index in [-0.39, 0.29) is 0 Å². The van der Waals surface area contributed by atoms with Crippen LogP contribution in [0.2, 0.25) is 19.6 Å². The lowest BCUT2D eigenvalue weighted by molar-refractivity contribution is 1.30. The van der Waals surface area contributed by atoms with Gasteiger partial charge in [-0.05, 0) is 17.2 Å². The van der Waals surface area contributed by atoms with Crippen molar-refractivity contribution in [3.05, 3.63) is 42.0 Å². The largest absolute Gasteiger partial charge is 0.0985 e. The van der Waals surface area contributed by atoms with Crippen molar-refractivity contribution >= 4 is 14.1 Å². The van der Waals surface area contributed by atoms with Crippen molar-refractivity contribution in [1.29, 1.82) is 0 Å². The van der Waals surface area contributed by atoms with Gasteiger partial charge < -0.3 is 0 Å². The predicted octanol–water partition coefficient (Wildman–Crippen LogP) is 3.75. The fourth-order valence-electron chi connectivity index (χ4n) is 1.47. The highest BCUT2D eigenvalue weighted by Gasteiger charge is 2.14. The van der Waals surface area contributed by atoms with E-state index < -0.39 is 8.07 Å². The van der Waals surface area contributed by atoms with E-state index in [2.05, 4.69) is 50.5 Å². The molecule has 1 aromatic carbocycles. The van der Waals surface area contributed by atoms with Gasteiger partial charge in [0.15, 0.2) is 0 Å². The van der Waals surface area contributed by atoms with Crippen LogP contribution in [-0.4, -0.2) is 8.07 Å². The summed E-state index contributed by atoms with van der Waals surface area (Å²) in [6.07, 6.45) is 1.95. The summed E-state index contributed by atoms with van der Waals surface area (Å²) in [4.78, 5) is 0. The van der Waals surface area contributed by atoms with E-state index in [0.717, 1.165) is 0 Å². The van der Waals surface area contributed by atoms with E-state index in [9.17, 15) is 0 Å². The molecule has 1 aromatic rings. The molecule has 0 saturated carbocycles. The number of hydrogen-bond acceptors (Lipinski definition) is 0. The van der Waals surface area contributed by atoms with Gasteiger partial charge in [-0.1, -0.05) is 56.6 Å². The van der Waals surface area contributed by atoms with Crippen LogP contribution in [0.25, 0.3) is 6.08 Å². The van der Waals surface area contributed by atoms with Crippen LogP contribution in [0.3, 0.4) is 0 Å². The molecule has 0 atom stereocenters. The standard InChI is InChI=1S/C12H18Si/c1-5-11-8-6-7-9-12(11)10-13(2,3)4/h5-9H,1,10H2,2-4H3. The molecule has 0 bridgehead atoms. The molecule has 0 nitrogen and oxygen atoms in total. The normalized spacial score (nSPS) is 11.3. The van der Waals surface area contributed by atoms with Crippen molar-refractivity contribution in [3.63, 3.8) is 0 Å². The summed E-state index contributed by atoms with van der Waals surface area (Å²) < 4.78 is 0. The van der Waals surface area contributed by atoms with Gasteiger partial charge in [0.05, 0.1) is 0 Å². The first kappa shape index (κ1) is 10.3. The van der Waals surface area contributed by atoms with Crippen molar-refractivity contribution in [2.75, 3.05) is 0 Å². The molecule has 0 aliphatic heterocycles. The molecule has 0 aliphatic rings. The third-order valence-corrected chi connectivity index (χ3v) is 3.44. The summed E-state index contributed by atoms with van der Waals surface area (Å²) in [5.74, 6) is 0. The second-order valence-corrected chi connectivity index (χ2v) is 10.1. The second-order valence-electron chi connectivity index (χ2n) is 4.64. The van der Waals surface area contributed by atoms with Crippen LogP contribution in [0, 0.1) is 0 Å². The molecule has 0 radical (unpaired) electrons. The van der Waals surface area contributed by atoms with E-state index in [1.807, 2.05) is 6.08 Å². The Morgan fingerprint density at radius 2 is 1.85 bits per heavy atom. The van der Waals surface area contributed by atoms with Crippen LogP contribution < -0.4 is 0 Å². The van der Waals surface area contributed by atoms with Crippen LogP contribution in [0.1, 0.15) is 11.1 Å². The van der Waals surface area contributed by atoms with Crippen molar-refractivity contribution < 1.29 is 0 Å². The summed E-state index contributed by atoms with van der Waals surface area (Å²) in [7, 11) is -0.993. The van der Waals surface area contributed by atoms with Crippen molar-refractivity contribution in [1.82, 2.24) is 0 Å². The first-order chi connectivity index (χ1) is 6.03. The van der Waals surface area contributed by atoms with Gasteiger partial charge in [-0.2, -0.15) is 0 Å². The van der Waals surface area contributed by atoms with E-state index in [1.54, 1.807) is 0 Å². The lowest BCUT2D eigenvalue weighted by atomic mass is 10.1. The van der Waals surface area contributed by atoms with Crippen LogP contribution in [0.15, 0.2) is 30.8 Å². The Kier molecular flexibility index (Phi) is 3.10. The predicted molar refractivity (Wildman–Crippen MR) is 63.6 cm³/mol. The van der Waals surface area contributed by atoms with Gasteiger partial charge in [-0.15, -0.1) is 0 Å². The van der Waals surface area contributed by atoms with E-state index in [1.165, 1.54) is 17.2 Å². The Bertz CT molecular complexity index is 294. The highest BCUT2D eigenvalue weighted by atomic mass is 28.3. The Hall–Kier alpha value is -0.823. The van der Waals surface area contributed by atoms with Crippen LogP contribution in [0.5, 0.6) is 0 Å². The fourth-order valence-corrected chi connectivity index (χ4v) is 2.93. The summed E-state index contributed by atoms with van der Waals surface area (Å²) in [5, 5.41) is 0. The zero-order valence-corrected chi connectivity index (χ0v) is 9.80. The van der Waals surface area contributed by atoms with Gasteiger partial charge in [-0.25, -0.2) is 0 Å². The molecule has 0 unspecified atom stereocenters. The second kappa shape index (κ2) is 3.92. The summed E-state index contributed by atoms with van der Waals surface area (Å²) in [6.45, 7) is 11.0. The summed E-state index contributed by atoms with van der Waals surface area (Å²) >= 11 is 0. The zero-order valence-electron chi connectivity index (χ0n) is 8.80. The molecule has 0 fully saturated rings. The Morgan fingerprint density at radius 3 is 2.38 bits per heavy atom. The quantitative estimate of drug-likeness (QED) is 0.637. The molecule has 0 spiro atoms. The molecule has 0 saturated heterocycles.